The monoisotopic (exact) mass is 391 g/mol. The van der Waals surface area contributed by atoms with Crippen LogP contribution in [0.3, 0.4) is 0 Å². The lowest BCUT2D eigenvalue weighted by molar-refractivity contribution is -0.132. The van der Waals surface area contributed by atoms with Gasteiger partial charge in [0.25, 0.3) is 11.8 Å². The van der Waals surface area contributed by atoms with Crippen LogP contribution in [0.5, 0.6) is 11.5 Å². The largest absolute Gasteiger partial charge is 0.427 e. The van der Waals surface area contributed by atoms with Gasteiger partial charge in [0.2, 0.25) is 0 Å². The molecule has 7 nitrogen and oxygen atoms in total. The van der Waals surface area contributed by atoms with Crippen LogP contribution in [0.25, 0.3) is 6.08 Å². The van der Waals surface area contributed by atoms with Gasteiger partial charge in [0.1, 0.15) is 11.5 Å². The van der Waals surface area contributed by atoms with Gasteiger partial charge in [-0.1, -0.05) is 6.07 Å². The van der Waals surface area contributed by atoms with E-state index in [0.717, 1.165) is 16.0 Å². The summed E-state index contributed by atoms with van der Waals surface area (Å²) in [6, 6.07) is 11.1. The summed E-state index contributed by atoms with van der Waals surface area (Å²) in [4.78, 5) is 47.4. The number of anilines is 1. The fourth-order valence-electron chi connectivity index (χ4n) is 2.69. The van der Waals surface area contributed by atoms with Gasteiger partial charge in [-0.2, -0.15) is 0 Å². The summed E-state index contributed by atoms with van der Waals surface area (Å²) < 4.78 is 10.2. The highest BCUT2D eigenvalue weighted by Crippen LogP contribution is 2.23. The zero-order valence-electron chi connectivity index (χ0n) is 15.7. The first-order valence-electron chi connectivity index (χ1n) is 8.68. The van der Waals surface area contributed by atoms with Gasteiger partial charge in [-0.25, -0.2) is 9.69 Å². The summed E-state index contributed by atoms with van der Waals surface area (Å²) in [5.74, 6) is -1.12. The molecule has 146 valence electrons. The smallest absolute Gasteiger partial charge is 0.336 e. The van der Waals surface area contributed by atoms with Gasteiger partial charge in [0.15, 0.2) is 0 Å². The summed E-state index contributed by atoms with van der Waals surface area (Å²) in [5, 5.41) is 0. The lowest BCUT2D eigenvalue weighted by atomic mass is 10.1. The molecule has 0 atom stereocenters. The maximum Gasteiger partial charge on any atom is 0.336 e. The topological polar surface area (TPSA) is 90.0 Å². The van der Waals surface area contributed by atoms with Crippen molar-refractivity contribution in [1.29, 1.82) is 0 Å². The molecule has 29 heavy (non-hydrogen) atoms. The number of ether oxygens (including phenoxy) is 2. The van der Waals surface area contributed by atoms with Crippen molar-refractivity contribution in [3.05, 3.63) is 71.8 Å². The standard InChI is InChI=1S/C22H17NO6/c1-14-13-19(28-15(2)24)7-3-16(14)4-12-22(27)29-18-8-5-17(6-9-18)23-20(25)10-11-21(23)26/h3-13H,1-2H3/b12-4+. The Hall–Kier alpha value is -4.00. The molecule has 1 heterocycles. The molecule has 0 bridgehead atoms. The van der Waals surface area contributed by atoms with E-state index < -0.39 is 23.8 Å². The molecule has 2 aromatic carbocycles. The second kappa shape index (κ2) is 8.35. The third-order valence-electron chi connectivity index (χ3n) is 4.02. The van der Waals surface area contributed by atoms with E-state index in [2.05, 4.69) is 0 Å². The lowest BCUT2D eigenvalue weighted by Crippen LogP contribution is -2.29. The van der Waals surface area contributed by atoms with E-state index in [1.807, 2.05) is 6.92 Å². The summed E-state index contributed by atoms with van der Waals surface area (Å²) in [5.41, 5.74) is 1.99. The van der Waals surface area contributed by atoms with Crippen molar-refractivity contribution >= 4 is 35.5 Å². The second-order valence-electron chi connectivity index (χ2n) is 6.21. The van der Waals surface area contributed by atoms with Crippen LogP contribution in [0.4, 0.5) is 5.69 Å². The van der Waals surface area contributed by atoms with E-state index in [4.69, 9.17) is 9.47 Å². The molecule has 0 aromatic heterocycles. The average molecular weight is 391 g/mol. The van der Waals surface area contributed by atoms with Crippen LogP contribution >= 0.6 is 0 Å². The van der Waals surface area contributed by atoms with Gasteiger partial charge in [-0.05, 0) is 60.5 Å². The Morgan fingerprint density at radius 2 is 1.52 bits per heavy atom. The number of nitrogens with zero attached hydrogens (tertiary/aromatic N) is 1. The third-order valence-corrected chi connectivity index (χ3v) is 4.02. The van der Waals surface area contributed by atoms with Gasteiger partial charge < -0.3 is 9.47 Å². The number of rotatable bonds is 5. The van der Waals surface area contributed by atoms with E-state index in [-0.39, 0.29) is 5.75 Å². The van der Waals surface area contributed by atoms with Gasteiger partial charge in [0, 0.05) is 25.2 Å². The van der Waals surface area contributed by atoms with E-state index in [1.165, 1.54) is 49.4 Å². The lowest BCUT2D eigenvalue weighted by Gasteiger charge is -2.13. The van der Waals surface area contributed by atoms with Gasteiger partial charge in [-0.15, -0.1) is 0 Å². The van der Waals surface area contributed by atoms with Crippen LogP contribution in [0.2, 0.25) is 0 Å². The highest BCUT2D eigenvalue weighted by atomic mass is 16.5. The number of amides is 2. The number of carbonyl (C=O) groups is 4. The van der Waals surface area contributed by atoms with Crippen molar-refractivity contribution in [2.24, 2.45) is 0 Å². The minimum atomic E-state index is -0.587. The summed E-state index contributed by atoms with van der Waals surface area (Å²) >= 11 is 0. The normalized spacial score (nSPS) is 13.2. The fraction of sp³-hybridized carbons (Fsp3) is 0.0909. The molecular formula is C22H17NO6. The maximum absolute atomic E-state index is 12.0. The quantitative estimate of drug-likeness (QED) is 0.337. The number of benzene rings is 2. The van der Waals surface area contributed by atoms with Crippen LogP contribution in [0.15, 0.2) is 60.7 Å². The third kappa shape index (κ3) is 4.84. The van der Waals surface area contributed by atoms with Crippen LogP contribution in [0, 0.1) is 6.92 Å². The minimum Gasteiger partial charge on any atom is -0.427 e. The SMILES string of the molecule is CC(=O)Oc1ccc(/C=C/C(=O)Oc2ccc(N3C(=O)C=CC3=O)cc2)c(C)c1. The maximum atomic E-state index is 12.0. The van der Waals surface area contributed by atoms with Gasteiger partial charge >= 0.3 is 11.9 Å². The number of hydrogen-bond acceptors (Lipinski definition) is 6. The van der Waals surface area contributed by atoms with E-state index in [0.29, 0.717) is 11.4 Å². The molecule has 2 amide bonds. The van der Waals surface area contributed by atoms with Crippen LogP contribution < -0.4 is 14.4 Å². The number of hydrogen-bond donors (Lipinski definition) is 0. The van der Waals surface area contributed by atoms with Crippen molar-refractivity contribution in [2.75, 3.05) is 4.90 Å². The highest BCUT2D eigenvalue weighted by molar-refractivity contribution is 6.28. The van der Waals surface area contributed by atoms with Crippen molar-refractivity contribution in [3.63, 3.8) is 0 Å². The molecule has 0 N–H and O–H groups in total. The van der Waals surface area contributed by atoms with Crippen LogP contribution in [-0.4, -0.2) is 23.8 Å². The predicted molar refractivity (Wildman–Crippen MR) is 105 cm³/mol. The molecule has 0 unspecified atom stereocenters. The van der Waals surface area contributed by atoms with Crippen LogP contribution in [-0.2, 0) is 19.2 Å². The molecule has 7 heteroatoms. The molecule has 3 rings (SSSR count). The number of aryl methyl sites for hydroxylation is 1. The average Bonchev–Trinajstić information content (AvgIpc) is 3.00. The molecule has 0 saturated carbocycles. The van der Waals surface area contributed by atoms with Crippen molar-refractivity contribution in [1.82, 2.24) is 0 Å². The van der Waals surface area contributed by atoms with E-state index >= 15 is 0 Å². The first kappa shape index (κ1) is 19.8. The first-order chi connectivity index (χ1) is 13.8. The molecule has 2 aromatic rings. The Kier molecular flexibility index (Phi) is 5.69. The zero-order chi connectivity index (χ0) is 21.0. The van der Waals surface area contributed by atoms with Gasteiger partial charge in [0.05, 0.1) is 5.69 Å². The van der Waals surface area contributed by atoms with Crippen LogP contribution in [0.1, 0.15) is 18.1 Å². The molecule has 1 aliphatic rings. The summed E-state index contributed by atoms with van der Waals surface area (Å²) in [6.07, 6.45) is 5.26. The van der Waals surface area contributed by atoms with E-state index in [1.54, 1.807) is 24.3 Å². The Labute approximate surface area is 166 Å². The predicted octanol–water partition coefficient (Wildman–Crippen LogP) is 2.97. The molecular weight excluding hydrogens is 374 g/mol. The summed E-state index contributed by atoms with van der Waals surface area (Å²) in [7, 11) is 0. The summed E-state index contributed by atoms with van der Waals surface area (Å²) in [6.45, 7) is 3.15. The van der Waals surface area contributed by atoms with Gasteiger partial charge in [-0.3, -0.25) is 14.4 Å². The minimum absolute atomic E-state index is 0.275. The second-order valence-corrected chi connectivity index (χ2v) is 6.21. The molecule has 0 radical (unpaired) electrons. The van der Waals surface area contributed by atoms with Crippen molar-refractivity contribution in [2.45, 2.75) is 13.8 Å². The van der Waals surface area contributed by atoms with E-state index in [9.17, 15) is 19.2 Å². The number of imide groups is 1. The molecule has 1 aliphatic heterocycles. The Balaban J connectivity index is 1.63. The van der Waals surface area contributed by atoms with Crippen molar-refractivity contribution in [3.8, 4) is 11.5 Å². The van der Waals surface area contributed by atoms with Crippen molar-refractivity contribution < 1.29 is 28.7 Å². The number of esters is 2. The first-order valence-corrected chi connectivity index (χ1v) is 8.68. The molecule has 0 saturated heterocycles. The zero-order valence-corrected chi connectivity index (χ0v) is 15.7. The Bertz CT molecular complexity index is 1030. The number of carbonyl (C=O) groups excluding carboxylic acids is 4. The molecule has 0 fully saturated rings. The molecule has 0 spiro atoms. The highest BCUT2D eigenvalue weighted by Gasteiger charge is 2.24. The fourth-order valence-corrected chi connectivity index (χ4v) is 2.69. The molecule has 0 aliphatic carbocycles. The Morgan fingerprint density at radius 1 is 0.897 bits per heavy atom. The Morgan fingerprint density at radius 3 is 2.10 bits per heavy atom.